The van der Waals surface area contributed by atoms with Crippen LogP contribution in [0.25, 0.3) is 0 Å². The van der Waals surface area contributed by atoms with E-state index in [9.17, 15) is 4.79 Å². The zero-order chi connectivity index (χ0) is 20.0. The second-order valence-electron chi connectivity index (χ2n) is 5.78. The van der Waals surface area contributed by atoms with Gasteiger partial charge in [0.25, 0.3) is 0 Å². The molecule has 0 radical (unpaired) electrons. The van der Waals surface area contributed by atoms with Gasteiger partial charge in [-0.3, -0.25) is 0 Å². The van der Waals surface area contributed by atoms with E-state index in [0.29, 0.717) is 0 Å². The Bertz CT molecular complexity index is 701. The number of halogens is 8. The zero-order valence-electron chi connectivity index (χ0n) is 13.1. The Labute approximate surface area is 190 Å². The lowest BCUT2D eigenvalue weighted by Crippen LogP contribution is -2.44. The van der Waals surface area contributed by atoms with Gasteiger partial charge in [-0.25, -0.2) is 4.79 Å². The molecule has 0 heterocycles. The highest BCUT2D eigenvalue weighted by Crippen LogP contribution is 2.46. The molecule has 0 saturated carbocycles. The molecule has 0 aromatic heterocycles. The molecule has 26 heavy (non-hydrogen) atoms. The fourth-order valence-electron chi connectivity index (χ4n) is 2.29. The molecule has 2 aliphatic rings. The monoisotopic (exact) mass is 518 g/mol. The van der Waals surface area contributed by atoms with E-state index in [2.05, 4.69) is 0 Å². The van der Waals surface area contributed by atoms with Gasteiger partial charge in [-0.05, 0) is 26.0 Å². The average molecular weight is 522 g/mol. The molecule has 2 aliphatic carbocycles. The number of carbonyl (C=O) groups excluding carboxylic acids is 1. The minimum absolute atomic E-state index is 0.0636. The van der Waals surface area contributed by atoms with Gasteiger partial charge in [-0.15, -0.1) is 23.2 Å². The Hall–Kier alpha value is 0.550. The van der Waals surface area contributed by atoms with Gasteiger partial charge in [0.15, 0.2) is 12.2 Å². The Kier molecular flexibility index (Phi) is 7.13. The summed E-state index contributed by atoms with van der Waals surface area (Å²) in [4.78, 5) is 9.53. The standard InChI is InChI=1S/C15H10Cl8O3/c1-14(22)9(20)5(16)3-7(18)11(14)25-13(24)26-12-8(19)4-6(17)10(21)15(12,2)23/h3-4,11-12H,1-2H3. The second-order valence-corrected chi connectivity index (χ2v) is 9.79. The fraction of sp³-hybridized carbons (Fsp3) is 0.400. The van der Waals surface area contributed by atoms with Gasteiger partial charge in [0.05, 0.1) is 30.2 Å². The van der Waals surface area contributed by atoms with Gasteiger partial charge >= 0.3 is 6.16 Å². The summed E-state index contributed by atoms with van der Waals surface area (Å²) in [6.45, 7) is 2.98. The number of ether oxygens (including phenoxy) is 2. The lowest BCUT2D eigenvalue weighted by atomic mass is 9.97. The Balaban J connectivity index is 2.20. The molecule has 0 bridgehead atoms. The van der Waals surface area contributed by atoms with Gasteiger partial charge in [0.2, 0.25) is 0 Å². The summed E-state index contributed by atoms with van der Waals surface area (Å²) in [6, 6.07) is 0. The third-order valence-electron chi connectivity index (χ3n) is 3.72. The molecule has 4 atom stereocenters. The number of carbonyl (C=O) groups is 1. The van der Waals surface area contributed by atoms with Crippen molar-refractivity contribution in [3.05, 3.63) is 42.3 Å². The van der Waals surface area contributed by atoms with E-state index in [1.165, 1.54) is 26.0 Å². The van der Waals surface area contributed by atoms with Crippen molar-refractivity contribution in [2.24, 2.45) is 0 Å². The summed E-state index contributed by atoms with van der Waals surface area (Å²) in [6.07, 6.45) is -0.772. The summed E-state index contributed by atoms with van der Waals surface area (Å²) >= 11 is 49.0. The molecular formula is C15H10Cl8O3. The van der Waals surface area contributed by atoms with Crippen molar-refractivity contribution >= 4 is 99.0 Å². The summed E-state index contributed by atoms with van der Waals surface area (Å²) in [5.41, 5.74) is 0. The van der Waals surface area contributed by atoms with Crippen LogP contribution in [0.4, 0.5) is 4.79 Å². The van der Waals surface area contributed by atoms with Gasteiger partial charge < -0.3 is 9.47 Å². The van der Waals surface area contributed by atoms with Crippen LogP contribution in [0.1, 0.15) is 13.8 Å². The van der Waals surface area contributed by atoms with E-state index in [1.54, 1.807) is 0 Å². The SMILES string of the molecule is CC1(Cl)C(Cl)=C(Cl)C=C(Cl)C1OC(=O)OC1C(Cl)=CC(Cl)=C(Cl)C1(C)Cl. The number of hydrogen-bond acceptors (Lipinski definition) is 3. The van der Waals surface area contributed by atoms with Crippen LogP contribution < -0.4 is 0 Å². The van der Waals surface area contributed by atoms with Crippen LogP contribution in [0.2, 0.25) is 0 Å². The summed E-state index contributed by atoms with van der Waals surface area (Å²) in [5.74, 6) is 0. The minimum atomic E-state index is -1.39. The van der Waals surface area contributed by atoms with Crippen molar-refractivity contribution in [1.29, 1.82) is 0 Å². The van der Waals surface area contributed by atoms with Crippen molar-refractivity contribution < 1.29 is 14.3 Å². The van der Waals surface area contributed by atoms with Gasteiger partial charge in [-0.1, -0.05) is 69.6 Å². The predicted octanol–water partition coefficient (Wildman–Crippen LogP) is 7.52. The highest BCUT2D eigenvalue weighted by Gasteiger charge is 2.47. The number of allylic oxidation sites excluding steroid dienone is 4. The van der Waals surface area contributed by atoms with E-state index in [0.717, 1.165) is 0 Å². The largest absolute Gasteiger partial charge is 0.509 e. The number of rotatable bonds is 2. The predicted molar refractivity (Wildman–Crippen MR) is 109 cm³/mol. The fourth-order valence-corrected chi connectivity index (χ4v) is 4.82. The topological polar surface area (TPSA) is 35.5 Å². The molecule has 0 spiro atoms. The summed E-state index contributed by atoms with van der Waals surface area (Å²) < 4.78 is 10.5. The minimum Gasteiger partial charge on any atom is -0.423 e. The zero-order valence-corrected chi connectivity index (χ0v) is 19.1. The molecule has 3 nitrogen and oxygen atoms in total. The highest BCUT2D eigenvalue weighted by molar-refractivity contribution is 6.48. The second kappa shape index (κ2) is 8.12. The van der Waals surface area contributed by atoms with Crippen molar-refractivity contribution in [2.45, 2.75) is 35.8 Å². The van der Waals surface area contributed by atoms with E-state index in [1.807, 2.05) is 0 Å². The van der Waals surface area contributed by atoms with Crippen LogP contribution in [-0.2, 0) is 9.47 Å². The maximum Gasteiger partial charge on any atom is 0.509 e. The Morgan fingerprint density at radius 2 is 1.12 bits per heavy atom. The van der Waals surface area contributed by atoms with Crippen molar-refractivity contribution in [2.75, 3.05) is 0 Å². The van der Waals surface area contributed by atoms with Gasteiger partial charge in [0.1, 0.15) is 9.75 Å². The third kappa shape index (κ3) is 4.26. The molecule has 4 unspecified atom stereocenters. The molecule has 0 aromatic carbocycles. The first-order valence-electron chi connectivity index (χ1n) is 6.91. The third-order valence-corrected chi connectivity index (χ3v) is 7.29. The summed E-state index contributed by atoms with van der Waals surface area (Å²) in [7, 11) is 0. The number of alkyl halides is 2. The Morgan fingerprint density at radius 3 is 1.42 bits per heavy atom. The molecular weight excluding hydrogens is 512 g/mol. The van der Waals surface area contributed by atoms with Gasteiger partial charge in [-0.2, -0.15) is 0 Å². The highest BCUT2D eigenvalue weighted by atomic mass is 35.5. The normalized spacial score (nSPS) is 35.2. The first kappa shape index (κ1) is 22.8. The van der Waals surface area contributed by atoms with Crippen molar-refractivity contribution in [3.8, 4) is 0 Å². The van der Waals surface area contributed by atoms with E-state index < -0.39 is 28.1 Å². The van der Waals surface area contributed by atoms with E-state index in [4.69, 9.17) is 102 Å². The van der Waals surface area contributed by atoms with Crippen molar-refractivity contribution in [3.63, 3.8) is 0 Å². The lowest BCUT2D eigenvalue weighted by Gasteiger charge is -2.36. The summed E-state index contributed by atoms with van der Waals surface area (Å²) in [5, 5.41) is 0.542. The van der Waals surface area contributed by atoms with E-state index >= 15 is 0 Å². The smallest absolute Gasteiger partial charge is 0.423 e. The van der Waals surface area contributed by atoms with Crippen LogP contribution in [-0.4, -0.2) is 28.1 Å². The van der Waals surface area contributed by atoms with Crippen LogP contribution >= 0.6 is 92.8 Å². The quantitative estimate of drug-likeness (QED) is 0.278. The molecule has 0 aliphatic heterocycles. The maximum absolute atomic E-state index is 12.3. The molecule has 0 amide bonds. The molecule has 0 aromatic rings. The lowest BCUT2D eigenvalue weighted by molar-refractivity contribution is 0.00762. The molecule has 144 valence electrons. The van der Waals surface area contributed by atoms with Gasteiger partial charge in [0, 0.05) is 0 Å². The van der Waals surface area contributed by atoms with Crippen LogP contribution in [0.5, 0.6) is 0 Å². The molecule has 0 fully saturated rings. The Morgan fingerprint density at radius 1 is 0.808 bits per heavy atom. The number of hydrogen-bond donors (Lipinski definition) is 0. The average Bonchev–Trinajstić information content (AvgIpc) is 2.52. The molecule has 11 heteroatoms. The molecule has 0 saturated heterocycles. The molecule has 0 N–H and O–H groups in total. The van der Waals surface area contributed by atoms with Crippen LogP contribution in [0, 0.1) is 0 Å². The first-order chi connectivity index (χ1) is 11.8. The van der Waals surface area contributed by atoms with Crippen LogP contribution in [0.3, 0.4) is 0 Å². The first-order valence-corrected chi connectivity index (χ1v) is 9.93. The van der Waals surface area contributed by atoms with Crippen molar-refractivity contribution in [1.82, 2.24) is 0 Å². The van der Waals surface area contributed by atoms with Crippen LogP contribution in [0.15, 0.2) is 42.3 Å². The van der Waals surface area contributed by atoms with E-state index in [-0.39, 0.29) is 30.2 Å². The molecule has 2 rings (SSSR count). The maximum atomic E-state index is 12.3.